The Balaban J connectivity index is 1.31. The van der Waals surface area contributed by atoms with Crippen molar-refractivity contribution in [1.29, 1.82) is 0 Å². The van der Waals surface area contributed by atoms with Crippen molar-refractivity contribution >= 4 is 18.2 Å². The summed E-state index contributed by atoms with van der Waals surface area (Å²) in [7, 11) is 0. The van der Waals surface area contributed by atoms with Crippen molar-refractivity contribution in [3.63, 3.8) is 0 Å². The minimum Gasteiger partial charge on any atom is -0.450 e. The first kappa shape index (κ1) is 23.3. The van der Waals surface area contributed by atoms with Gasteiger partial charge in [-0.25, -0.2) is 14.0 Å². The number of amides is 3. The molecule has 8 heteroatoms. The van der Waals surface area contributed by atoms with E-state index in [1.807, 2.05) is 24.3 Å². The van der Waals surface area contributed by atoms with Gasteiger partial charge in [0.1, 0.15) is 5.82 Å². The lowest BCUT2D eigenvalue weighted by Crippen LogP contribution is -2.53. The van der Waals surface area contributed by atoms with Gasteiger partial charge in [-0.15, -0.1) is 0 Å². The monoisotopic (exact) mass is 478 g/mol. The molecule has 5 rings (SSSR count). The van der Waals surface area contributed by atoms with Gasteiger partial charge >= 0.3 is 12.1 Å². The second-order valence-electron chi connectivity index (χ2n) is 9.70. The summed E-state index contributed by atoms with van der Waals surface area (Å²) in [6.07, 6.45) is 9.26. The number of rotatable bonds is 5. The van der Waals surface area contributed by atoms with E-state index in [1.165, 1.54) is 12.1 Å². The highest BCUT2D eigenvalue weighted by atomic mass is 19.1. The maximum atomic E-state index is 13.6. The lowest BCUT2D eigenvalue weighted by atomic mass is 9.61. The molecule has 0 unspecified atom stereocenters. The summed E-state index contributed by atoms with van der Waals surface area (Å²) >= 11 is 0. The Morgan fingerprint density at radius 3 is 2.86 bits per heavy atom. The molecule has 2 heterocycles. The van der Waals surface area contributed by atoms with Crippen LogP contribution in [0, 0.1) is 23.6 Å². The highest BCUT2D eigenvalue weighted by molar-refractivity contribution is 5.77. The summed E-state index contributed by atoms with van der Waals surface area (Å²) in [5.41, 5.74) is 2.47. The van der Waals surface area contributed by atoms with Crippen LogP contribution in [0.1, 0.15) is 38.3 Å². The average Bonchev–Trinajstić information content (AvgIpc) is 3.22. The first-order chi connectivity index (χ1) is 17.0. The van der Waals surface area contributed by atoms with Gasteiger partial charge in [-0.1, -0.05) is 24.3 Å². The van der Waals surface area contributed by atoms with Crippen LogP contribution in [0.5, 0.6) is 0 Å². The van der Waals surface area contributed by atoms with Crippen molar-refractivity contribution in [3.05, 3.63) is 60.2 Å². The molecular weight excluding hydrogens is 447 g/mol. The van der Waals surface area contributed by atoms with Crippen molar-refractivity contribution in [1.82, 2.24) is 20.9 Å². The maximum Gasteiger partial charge on any atom is 0.407 e. The molecule has 1 aromatic heterocycles. The van der Waals surface area contributed by atoms with Gasteiger partial charge in [0.2, 0.25) is 0 Å². The van der Waals surface area contributed by atoms with Crippen LogP contribution in [-0.4, -0.2) is 41.8 Å². The number of hydrogen-bond acceptors (Lipinski definition) is 4. The number of nitrogens with one attached hydrogen (secondary N) is 3. The Morgan fingerprint density at radius 2 is 2.09 bits per heavy atom. The normalized spacial score (nSPS) is 29.6. The van der Waals surface area contributed by atoms with E-state index in [2.05, 4.69) is 27.0 Å². The van der Waals surface area contributed by atoms with Crippen LogP contribution in [0.2, 0.25) is 0 Å². The number of pyridine rings is 1. The molecule has 2 saturated carbocycles. The van der Waals surface area contributed by atoms with E-state index in [1.54, 1.807) is 19.2 Å². The molecule has 184 valence electrons. The van der Waals surface area contributed by atoms with Crippen LogP contribution < -0.4 is 16.0 Å². The number of ether oxygens (including phenoxy) is 1. The zero-order valence-corrected chi connectivity index (χ0v) is 19.7. The fraction of sp³-hybridized carbons (Fsp3) is 0.444. The molecule has 7 nitrogen and oxygen atoms in total. The molecule has 2 aliphatic carbocycles. The van der Waals surface area contributed by atoms with Crippen LogP contribution in [0.25, 0.3) is 17.2 Å². The molecule has 0 bridgehead atoms. The molecule has 2 aromatic rings. The number of benzene rings is 1. The number of nitrogens with zero attached hydrogens (tertiary/aromatic N) is 1. The van der Waals surface area contributed by atoms with E-state index in [4.69, 9.17) is 4.74 Å². The smallest absolute Gasteiger partial charge is 0.407 e. The molecule has 1 saturated heterocycles. The number of carbonyl (C=O) groups excluding carboxylic acids is 2. The molecule has 3 amide bonds. The number of aromatic nitrogens is 1. The van der Waals surface area contributed by atoms with E-state index < -0.39 is 0 Å². The number of alkyl carbamates (subject to hydrolysis) is 1. The number of halogens is 1. The van der Waals surface area contributed by atoms with E-state index in [9.17, 15) is 14.0 Å². The Labute approximate surface area is 204 Å². The Morgan fingerprint density at radius 1 is 1.20 bits per heavy atom. The van der Waals surface area contributed by atoms with E-state index in [-0.39, 0.29) is 42.0 Å². The van der Waals surface area contributed by atoms with Gasteiger partial charge in [0.05, 0.1) is 24.4 Å². The third-order valence-corrected chi connectivity index (χ3v) is 7.59. The minimum absolute atomic E-state index is 0.0427. The summed E-state index contributed by atoms with van der Waals surface area (Å²) < 4.78 is 18.6. The summed E-state index contributed by atoms with van der Waals surface area (Å²) in [4.78, 5) is 28.6. The van der Waals surface area contributed by atoms with Gasteiger partial charge in [0.25, 0.3) is 0 Å². The summed E-state index contributed by atoms with van der Waals surface area (Å²) in [5.74, 6) is 0.716. The van der Waals surface area contributed by atoms with Gasteiger partial charge < -0.3 is 20.7 Å². The maximum absolute atomic E-state index is 13.6. The molecule has 35 heavy (non-hydrogen) atoms. The molecule has 6 atom stereocenters. The number of hydrogen-bond donors (Lipinski definition) is 3. The molecule has 0 spiro atoms. The molecule has 3 N–H and O–H groups in total. The molecule has 3 aliphatic rings. The largest absolute Gasteiger partial charge is 0.450 e. The third-order valence-electron chi connectivity index (χ3n) is 7.59. The third kappa shape index (κ3) is 5.16. The highest BCUT2D eigenvalue weighted by Crippen LogP contribution is 2.45. The topological polar surface area (TPSA) is 92.4 Å². The summed E-state index contributed by atoms with van der Waals surface area (Å²) in [6, 6.07) is 10.4. The lowest BCUT2D eigenvalue weighted by molar-refractivity contribution is 0.0758. The van der Waals surface area contributed by atoms with E-state index in [0.717, 1.165) is 42.5 Å². The van der Waals surface area contributed by atoms with Crippen molar-refractivity contribution < 1.29 is 18.7 Å². The fourth-order valence-corrected chi connectivity index (χ4v) is 6.06. The predicted molar refractivity (Wildman–Crippen MR) is 131 cm³/mol. The van der Waals surface area contributed by atoms with Crippen molar-refractivity contribution in [2.45, 2.75) is 50.7 Å². The average molecular weight is 479 g/mol. The van der Waals surface area contributed by atoms with Gasteiger partial charge in [-0.3, -0.25) is 4.98 Å². The van der Waals surface area contributed by atoms with Crippen molar-refractivity contribution in [3.8, 4) is 11.1 Å². The lowest BCUT2D eigenvalue weighted by Gasteiger charge is -2.47. The molecule has 1 aromatic carbocycles. The van der Waals surface area contributed by atoms with E-state index >= 15 is 0 Å². The van der Waals surface area contributed by atoms with Gasteiger partial charge in [-0.2, -0.15) is 0 Å². The van der Waals surface area contributed by atoms with Gasteiger partial charge in [0.15, 0.2) is 0 Å². The fourth-order valence-electron chi connectivity index (χ4n) is 6.06. The molecule has 1 aliphatic heterocycles. The van der Waals surface area contributed by atoms with Crippen molar-refractivity contribution in [2.75, 3.05) is 6.61 Å². The zero-order chi connectivity index (χ0) is 24.4. The van der Waals surface area contributed by atoms with Crippen LogP contribution in [0.4, 0.5) is 14.0 Å². The second-order valence-corrected chi connectivity index (χ2v) is 9.70. The SMILES string of the molecule is CCOC(=O)N[C@@H]1CC[C@@H]2[C@@H](C1)C[C@H]1NC(=O)N[C@H]1[C@H]2/C=C/c1ccc(-c2cccc(F)c2)cn1. The number of urea groups is 1. The Bertz CT molecular complexity index is 1110. The number of fused-ring (bicyclic) bond motifs is 2. The molecular formula is C27H31FN4O3. The summed E-state index contributed by atoms with van der Waals surface area (Å²) in [5, 5.41) is 9.21. The van der Waals surface area contributed by atoms with Crippen LogP contribution >= 0.6 is 0 Å². The van der Waals surface area contributed by atoms with Crippen LogP contribution in [-0.2, 0) is 4.74 Å². The Kier molecular flexibility index (Phi) is 6.70. The standard InChI is InChI=1S/C27H31FN4O3/c1-2-35-27(34)30-21-9-10-22-18(13-21)14-24-25(32-26(33)31-24)23(22)11-8-20-7-6-17(15-29-20)16-4-3-5-19(28)12-16/h3-8,11-12,15,18,21-25H,2,9-10,13-14H2,1H3,(H,30,34)(H2,31,32,33)/b11-8+/t18-,21+,22+,23-,24+,25-/m0/s1. The summed E-state index contributed by atoms with van der Waals surface area (Å²) in [6.45, 7) is 2.16. The molecule has 0 radical (unpaired) electrons. The second kappa shape index (κ2) is 10.1. The Hall–Kier alpha value is -3.42. The highest BCUT2D eigenvalue weighted by Gasteiger charge is 2.49. The van der Waals surface area contributed by atoms with Crippen LogP contribution in [0.3, 0.4) is 0 Å². The predicted octanol–water partition coefficient (Wildman–Crippen LogP) is 4.50. The van der Waals surface area contributed by atoms with Crippen molar-refractivity contribution in [2.24, 2.45) is 17.8 Å². The minimum atomic E-state index is -0.357. The van der Waals surface area contributed by atoms with Gasteiger partial charge in [-0.05, 0) is 74.3 Å². The molecule has 3 fully saturated rings. The zero-order valence-electron chi connectivity index (χ0n) is 19.7. The van der Waals surface area contributed by atoms with Crippen LogP contribution in [0.15, 0.2) is 48.7 Å². The first-order valence-corrected chi connectivity index (χ1v) is 12.4. The van der Waals surface area contributed by atoms with Gasteiger partial charge in [0, 0.05) is 23.7 Å². The van der Waals surface area contributed by atoms with E-state index in [0.29, 0.717) is 18.4 Å². The number of carbonyl (C=O) groups is 2. The quantitative estimate of drug-likeness (QED) is 0.590. The first-order valence-electron chi connectivity index (χ1n) is 12.4.